The molecule has 0 amide bonds. The summed E-state index contributed by atoms with van der Waals surface area (Å²) in [4.78, 5) is 12.4. The first-order chi connectivity index (χ1) is 14.7. The molecule has 0 aromatic heterocycles. The second kappa shape index (κ2) is 15.1. The third kappa shape index (κ3) is 9.36. The molecule has 0 saturated heterocycles. The Morgan fingerprint density at radius 3 is 2.27 bits per heavy atom. The van der Waals surface area contributed by atoms with Crippen LogP contribution < -0.4 is 4.74 Å². The van der Waals surface area contributed by atoms with Crippen molar-refractivity contribution >= 4 is 5.97 Å². The number of rotatable bonds is 15. The van der Waals surface area contributed by atoms with Crippen molar-refractivity contribution in [2.24, 2.45) is 0 Å². The first-order valence-corrected chi connectivity index (χ1v) is 12.3. The summed E-state index contributed by atoms with van der Waals surface area (Å²) >= 11 is 0. The Balaban J connectivity index is 1.69. The predicted octanol–water partition coefficient (Wildman–Crippen LogP) is 7.74. The molecule has 2 atom stereocenters. The Labute approximate surface area is 184 Å². The average molecular weight is 415 g/mol. The first-order valence-electron chi connectivity index (χ1n) is 12.3. The molecule has 2 unspecified atom stereocenters. The Morgan fingerprint density at radius 2 is 1.60 bits per heavy atom. The van der Waals surface area contributed by atoms with Crippen molar-refractivity contribution in [3.8, 4) is 5.75 Å². The van der Waals surface area contributed by atoms with Gasteiger partial charge in [0.05, 0.1) is 0 Å². The van der Waals surface area contributed by atoms with Gasteiger partial charge in [-0.05, 0) is 43.4 Å². The summed E-state index contributed by atoms with van der Waals surface area (Å²) in [6, 6.07) is 8.26. The number of carbonyl (C=O) groups is 1. The molecule has 0 radical (unpaired) electrons. The quantitative estimate of drug-likeness (QED) is 0.167. The summed E-state index contributed by atoms with van der Waals surface area (Å²) in [6.07, 6.45) is 18.1. The molecule has 0 spiro atoms. The van der Waals surface area contributed by atoms with Gasteiger partial charge in [-0.2, -0.15) is 0 Å². The number of carbonyl (C=O) groups excluding carboxylic acids is 1. The molecule has 2 rings (SSSR count). The first kappa shape index (κ1) is 24.5. The van der Waals surface area contributed by atoms with Gasteiger partial charge in [-0.15, -0.1) is 0 Å². The predicted molar refractivity (Wildman–Crippen MR) is 125 cm³/mol. The van der Waals surface area contributed by atoms with Gasteiger partial charge in [-0.25, -0.2) is 0 Å². The van der Waals surface area contributed by atoms with E-state index in [1.54, 1.807) is 6.08 Å². The fraction of sp³-hybridized carbons (Fsp3) is 0.667. The highest BCUT2D eigenvalue weighted by molar-refractivity contribution is 5.69. The van der Waals surface area contributed by atoms with Gasteiger partial charge in [0.25, 0.3) is 0 Å². The molecular weight excluding hydrogens is 372 g/mol. The molecule has 0 aliphatic heterocycles. The number of ether oxygens (including phenoxy) is 2. The number of benzene rings is 1. The zero-order valence-corrected chi connectivity index (χ0v) is 19.1. The third-order valence-electron chi connectivity index (χ3n) is 6.15. The summed E-state index contributed by atoms with van der Waals surface area (Å²) in [6.45, 7) is 6.45. The maximum atomic E-state index is 12.4. The van der Waals surface area contributed by atoms with Crippen molar-refractivity contribution in [2.45, 2.75) is 109 Å². The van der Waals surface area contributed by atoms with Gasteiger partial charge in [0.1, 0.15) is 18.5 Å². The van der Waals surface area contributed by atoms with Crippen LogP contribution in [0.2, 0.25) is 0 Å². The van der Waals surface area contributed by atoms with Crippen molar-refractivity contribution in [3.63, 3.8) is 0 Å². The van der Waals surface area contributed by atoms with E-state index in [2.05, 4.69) is 25.6 Å². The van der Waals surface area contributed by atoms with Crippen LogP contribution in [0, 0.1) is 0 Å². The second-order valence-corrected chi connectivity index (χ2v) is 8.67. The van der Waals surface area contributed by atoms with E-state index in [0.29, 0.717) is 18.9 Å². The molecular formula is C27H42O3. The maximum Gasteiger partial charge on any atom is 0.306 e. The molecule has 3 nitrogen and oxygen atoms in total. The van der Waals surface area contributed by atoms with Crippen LogP contribution in [0.1, 0.15) is 108 Å². The van der Waals surface area contributed by atoms with E-state index in [9.17, 15) is 4.79 Å². The van der Waals surface area contributed by atoms with E-state index < -0.39 is 0 Å². The minimum absolute atomic E-state index is 0.0132. The lowest BCUT2D eigenvalue weighted by molar-refractivity contribution is -0.151. The van der Waals surface area contributed by atoms with E-state index in [0.717, 1.165) is 37.9 Å². The molecule has 1 aromatic carbocycles. The van der Waals surface area contributed by atoms with Crippen LogP contribution in [-0.2, 0) is 9.53 Å². The number of esters is 1. The van der Waals surface area contributed by atoms with Crippen LogP contribution in [-0.4, -0.2) is 18.7 Å². The fourth-order valence-electron chi connectivity index (χ4n) is 4.39. The molecule has 168 valence electrons. The van der Waals surface area contributed by atoms with E-state index in [4.69, 9.17) is 9.47 Å². The Bertz CT molecular complexity index is 593. The van der Waals surface area contributed by atoms with Crippen molar-refractivity contribution in [1.29, 1.82) is 0 Å². The van der Waals surface area contributed by atoms with Gasteiger partial charge >= 0.3 is 5.97 Å². The van der Waals surface area contributed by atoms with Gasteiger partial charge in [-0.1, -0.05) is 89.5 Å². The lowest BCUT2D eigenvalue weighted by Gasteiger charge is -2.31. The van der Waals surface area contributed by atoms with E-state index in [1.165, 1.54) is 56.9 Å². The fourth-order valence-corrected chi connectivity index (χ4v) is 4.39. The molecule has 1 aliphatic carbocycles. The molecule has 1 aliphatic rings. The monoisotopic (exact) mass is 414 g/mol. The molecule has 0 heterocycles. The highest BCUT2D eigenvalue weighted by atomic mass is 16.5. The summed E-state index contributed by atoms with van der Waals surface area (Å²) in [5, 5.41) is 0. The molecule has 0 N–H and O–H groups in total. The minimum atomic E-state index is -0.0132. The molecule has 1 fully saturated rings. The highest BCUT2D eigenvalue weighted by Crippen LogP contribution is 2.36. The van der Waals surface area contributed by atoms with Crippen molar-refractivity contribution in [1.82, 2.24) is 0 Å². The van der Waals surface area contributed by atoms with E-state index in [1.807, 2.05) is 12.1 Å². The van der Waals surface area contributed by atoms with Crippen molar-refractivity contribution in [3.05, 3.63) is 42.5 Å². The smallest absolute Gasteiger partial charge is 0.306 e. The lowest BCUT2D eigenvalue weighted by atomic mass is 9.81. The maximum absolute atomic E-state index is 12.4. The topological polar surface area (TPSA) is 35.5 Å². The van der Waals surface area contributed by atoms with Crippen LogP contribution in [0.15, 0.2) is 36.9 Å². The van der Waals surface area contributed by atoms with Crippen molar-refractivity contribution < 1.29 is 14.3 Å². The SMILES string of the molecule is C=CCOc1ccc(C2CCCCC2OC(=O)CCCCCCCCCCC)cc1. The average Bonchev–Trinajstić information content (AvgIpc) is 2.77. The summed E-state index contributed by atoms with van der Waals surface area (Å²) in [5.74, 6) is 1.15. The van der Waals surface area contributed by atoms with Gasteiger partial charge in [0.15, 0.2) is 0 Å². The standard InChI is InChI=1S/C27H42O3/c1-3-5-6-7-8-9-10-11-12-17-27(28)30-26-16-14-13-15-25(26)23-18-20-24(21-19-23)29-22-4-2/h4,18-21,25-26H,2-3,5-17,22H2,1H3. The zero-order chi connectivity index (χ0) is 21.4. The Kier molecular flexibility index (Phi) is 12.3. The summed E-state index contributed by atoms with van der Waals surface area (Å²) < 4.78 is 11.5. The highest BCUT2D eigenvalue weighted by Gasteiger charge is 2.29. The Hall–Kier alpha value is -1.77. The van der Waals surface area contributed by atoms with Gasteiger partial charge in [0.2, 0.25) is 0 Å². The lowest BCUT2D eigenvalue weighted by Crippen LogP contribution is -2.28. The molecule has 30 heavy (non-hydrogen) atoms. The van der Waals surface area contributed by atoms with Gasteiger partial charge < -0.3 is 9.47 Å². The van der Waals surface area contributed by atoms with Crippen LogP contribution in [0.3, 0.4) is 0 Å². The van der Waals surface area contributed by atoms with Crippen LogP contribution >= 0.6 is 0 Å². The number of hydrogen-bond acceptors (Lipinski definition) is 3. The van der Waals surface area contributed by atoms with Gasteiger partial charge in [-0.3, -0.25) is 4.79 Å². The van der Waals surface area contributed by atoms with E-state index >= 15 is 0 Å². The largest absolute Gasteiger partial charge is 0.490 e. The third-order valence-corrected chi connectivity index (χ3v) is 6.15. The summed E-state index contributed by atoms with van der Waals surface area (Å²) in [5.41, 5.74) is 1.25. The van der Waals surface area contributed by atoms with Crippen LogP contribution in [0.5, 0.6) is 5.75 Å². The Morgan fingerprint density at radius 1 is 0.967 bits per heavy atom. The normalized spacial score (nSPS) is 18.7. The molecule has 3 heteroatoms. The number of hydrogen-bond donors (Lipinski definition) is 0. The molecule has 1 aromatic rings. The zero-order valence-electron chi connectivity index (χ0n) is 19.1. The second-order valence-electron chi connectivity index (χ2n) is 8.67. The summed E-state index contributed by atoms with van der Waals surface area (Å²) in [7, 11) is 0. The minimum Gasteiger partial charge on any atom is -0.490 e. The molecule has 0 bridgehead atoms. The van der Waals surface area contributed by atoms with Crippen LogP contribution in [0.4, 0.5) is 0 Å². The van der Waals surface area contributed by atoms with E-state index in [-0.39, 0.29) is 12.1 Å². The van der Waals surface area contributed by atoms with Crippen molar-refractivity contribution in [2.75, 3.05) is 6.61 Å². The molecule has 1 saturated carbocycles. The number of unbranched alkanes of at least 4 members (excludes halogenated alkanes) is 8. The van der Waals surface area contributed by atoms with Gasteiger partial charge in [0, 0.05) is 12.3 Å². The van der Waals surface area contributed by atoms with Crippen LogP contribution in [0.25, 0.3) is 0 Å².